The second-order valence-electron chi connectivity index (χ2n) is 4.27. The van der Waals surface area contributed by atoms with Crippen molar-refractivity contribution in [1.29, 1.82) is 0 Å². The van der Waals surface area contributed by atoms with Crippen LogP contribution in [0.5, 0.6) is 0 Å². The zero-order valence-electron chi connectivity index (χ0n) is 9.37. The van der Waals surface area contributed by atoms with Crippen LogP contribution in [0.1, 0.15) is 12.7 Å². The van der Waals surface area contributed by atoms with Crippen molar-refractivity contribution in [2.75, 3.05) is 32.8 Å². The van der Waals surface area contributed by atoms with Gasteiger partial charge in [-0.3, -0.25) is 4.90 Å². The number of halogens is 1. The lowest BCUT2D eigenvalue weighted by Gasteiger charge is -2.41. The molecule has 1 unspecified atom stereocenters. The van der Waals surface area contributed by atoms with Crippen LogP contribution in [0.25, 0.3) is 0 Å². The second kappa shape index (κ2) is 4.87. The number of furan rings is 1. The summed E-state index contributed by atoms with van der Waals surface area (Å²) in [6.07, 6.45) is 0. The number of rotatable bonds is 3. The van der Waals surface area contributed by atoms with E-state index < -0.39 is 5.54 Å². The second-order valence-corrected chi connectivity index (χ2v) is 5.05. The Balaban J connectivity index is 2.23. The molecule has 16 heavy (non-hydrogen) atoms. The Morgan fingerprint density at radius 3 is 2.69 bits per heavy atom. The van der Waals surface area contributed by atoms with E-state index in [9.17, 15) is 5.11 Å². The highest BCUT2D eigenvalue weighted by Gasteiger charge is 2.36. The molecule has 2 heterocycles. The zero-order valence-corrected chi connectivity index (χ0v) is 11.0. The largest absolute Gasteiger partial charge is 0.452 e. The molecule has 2 rings (SSSR count). The molecule has 1 aliphatic rings. The van der Waals surface area contributed by atoms with E-state index in [-0.39, 0.29) is 6.61 Å². The van der Waals surface area contributed by atoms with Crippen LogP contribution in [0.15, 0.2) is 21.2 Å². The van der Waals surface area contributed by atoms with E-state index in [1.54, 1.807) is 0 Å². The molecule has 0 aromatic carbocycles. The molecule has 5 heteroatoms. The van der Waals surface area contributed by atoms with Gasteiger partial charge in [-0.05, 0) is 35.0 Å². The topological polar surface area (TPSA) is 48.6 Å². The fourth-order valence-electron chi connectivity index (χ4n) is 2.10. The van der Waals surface area contributed by atoms with Gasteiger partial charge in [0.1, 0.15) is 5.76 Å². The van der Waals surface area contributed by atoms with Gasteiger partial charge in [0.15, 0.2) is 4.67 Å². The monoisotopic (exact) mass is 288 g/mol. The lowest BCUT2D eigenvalue weighted by molar-refractivity contribution is 0.0149. The molecule has 0 spiro atoms. The predicted molar refractivity (Wildman–Crippen MR) is 65.3 cm³/mol. The van der Waals surface area contributed by atoms with Crippen LogP contribution in [-0.2, 0) is 5.54 Å². The Morgan fingerprint density at radius 2 is 2.19 bits per heavy atom. The van der Waals surface area contributed by atoms with Gasteiger partial charge >= 0.3 is 0 Å². The molecule has 0 amide bonds. The summed E-state index contributed by atoms with van der Waals surface area (Å²) in [6, 6.07) is 3.79. The van der Waals surface area contributed by atoms with Crippen molar-refractivity contribution in [3.63, 3.8) is 0 Å². The highest BCUT2D eigenvalue weighted by molar-refractivity contribution is 9.10. The average molecular weight is 289 g/mol. The molecular weight excluding hydrogens is 272 g/mol. The number of hydrogen-bond donors (Lipinski definition) is 2. The first-order valence-electron chi connectivity index (χ1n) is 5.49. The summed E-state index contributed by atoms with van der Waals surface area (Å²) in [5.41, 5.74) is -0.422. The van der Waals surface area contributed by atoms with Crippen LogP contribution in [0.4, 0.5) is 0 Å². The van der Waals surface area contributed by atoms with Gasteiger partial charge in [0.05, 0.1) is 12.1 Å². The minimum atomic E-state index is -0.422. The molecule has 90 valence electrons. The molecule has 0 aliphatic carbocycles. The molecule has 1 aliphatic heterocycles. The fourth-order valence-corrected chi connectivity index (χ4v) is 2.40. The average Bonchev–Trinajstić information content (AvgIpc) is 2.76. The maximum Gasteiger partial charge on any atom is 0.169 e. The number of piperazine rings is 1. The zero-order chi connectivity index (χ0) is 11.6. The number of nitrogens with one attached hydrogen (secondary N) is 1. The van der Waals surface area contributed by atoms with Crippen LogP contribution in [0.3, 0.4) is 0 Å². The van der Waals surface area contributed by atoms with Gasteiger partial charge in [0, 0.05) is 26.2 Å². The van der Waals surface area contributed by atoms with E-state index in [0.29, 0.717) is 4.67 Å². The smallest absolute Gasteiger partial charge is 0.169 e. The van der Waals surface area contributed by atoms with Gasteiger partial charge in [-0.2, -0.15) is 0 Å². The van der Waals surface area contributed by atoms with Crippen LogP contribution < -0.4 is 5.32 Å². The molecule has 0 bridgehead atoms. The Bertz CT molecular complexity index is 350. The first kappa shape index (κ1) is 12.1. The molecule has 0 saturated carbocycles. The third-order valence-electron chi connectivity index (χ3n) is 3.23. The molecule has 0 radical (unpaired) electrons. The molecule has 1 aromatic rings. The highest BCUT2D eigenvalue weighted by atomic mass is 79.9. The maximum atomic E-state index is 9.66. The Labute approximate surface area is 104 Å². The fraction of sp³-hybridized carbons (Fsp3) is 0.636. The molecule has 2 N–H and O–H groups in total. The van der Waals surface area contributed by atoms with Crippen molar-refractivity contribution in [3.8, 4) is 0 Å². The summed E-state index contributed by atoms with van der Waals surface area (Å²) in [5.74, 6) is 0.809. The van der Waals surface area contributed by atoms with Crippen molar-refractivity contribution in [2.24, 2.45) is 0 Å². The summed E-state index contributed by atoms with van der Waals surface area (Å²) in [6.45, 7) is 5.84. The van der Waals surface area contributed by atoms with Crippen LogP contribution in [0, 0.1) is 0 Å². The SMILES string of the molecule is CC(CO)(c1ccc(Br)o1)N1CCNCC1. The number of aliphatic hydroxyl groups excluding tert-OH is 1. The number of hydrogen-bond acceptors (Lipinski definition) is 4. The molecule has 4 nitrogen and oxygen atoms in total. The summed E-state index contributed by atoms with van der Waals surface area (Å²) in [4.78, 5) is 2.26. The first-order valence-corrected chi connectivity index (χ1v) is 6.28. The van der Waals surface area contributed by atoms with Gasteiger partial charge < -0.3 is 14.8 Å². The van der Waals surface area contributed by atoms with Crippen LogP contribution in [0.2, 0.25) is 0 Å². The van der Waals surface area contributed by atoms with Crippen molar-refractivity contribution in [1.82, 2.24) is 10.2 Å². The van der Waals surface area contributed by atoms with Gasteiger partial charge in [-0.15, -0.1) is 0 Å². The standard InChI is InChI=1S/C11H17BrN2O2/c1-11(8-15,9-2-3-10(12)16-9)14-6-4-13-5-7-14/h2-3,13,15H,4-8H2,1H3. The van der Waals surface area contributed by atoms with Crippen molar-refractivity contribution < 1.29 is 9.52 Å². The van der Waals surface area contributed by atoms with E-state index in [2.05, 4.69) is 26.1 Å². The van der Waals surface area contributed by atoms with Gasteiger partial charge in [0.2, 0.25) is 0 Å². The summed E-state index contributed by atoms with van der Waals surface area (Å²) >= 11 is 3.30. The minimum absolute atomic E-state index is 0.0625. The van der Waals surface area contributed by atoms with E-state index >= 15 is 0 Å². The third-order valence-corrected chi connectivity index (χ3v) is 3.65. The lowest BCUT2D eigenvalue weighted by Crippen LogP contribution is -2.54. The molecule has 1 aromatic heterocycles. The Kier molecular flexibility index (Phi) is 3.69. The third kappa shape index (κ3) is 2.18. The maximum absolute atomic E-state index is 9.66. The molecular formula is C11H17BrN2O2. The summed E-state index contributed by atoms with van der Waals surface area (Å²) < 4.78 is 6.29. The van der Waals surface area contributed by atoms with Crippen molar-refractivity contribution in [2.45, 2.75) is 12.5 Å². The lowest BCUT2D eigenvalue weighted by atomic mass is 9.96. The molecule has 1 fully saturated rings. The van der Waals surface area contributed by atoms with Crippen molar-refractivity contribution in [3.05, 3.63) is 22.6 Å². The van der Waals surface area contributed by atoms with Crippen LogP contribution in [-0.4, -0.2) is 42.8 Å². The summed E-state index contributed by atoms with van der Waals surface area (Å²) in [5, 5.41) is 13.0. The van der Waals surface area contributed by atoms with E-state index in [4.69, 9.17) is 4.42 Å². The summed E-state index contributed by atoms with van der Waals surface area (Å²) in [7, 11) is 0. The first-order chi connectivity index (χ1) is 7.66. The van der Waals surface area contributed by atoms with Crippen LogP contribution >= 0.6 is 15.9 Å². The van der Waals surface area contributed by atoms with Gasteiger partial charge in [-0.25, -0.2) is 0 Å². The highest BCUT2D eigenvalue weighted by Crippen LogP contribution is 2.31. The van der Waals surface area contributed by atoms with E-state index in [1.807, 2.05) is 19.1 Å². The van der Waals surface area contributed by atoms with Crippen molar-refractivity contribution >= 4 is 15.9 Å². The Hall–Kier alpha value is -0.360. The number of nitrogens with zero attached hydrogens (tertiary/aromatic N) is 1. The van der Waals surface area contributed by atoms with E-state index in [1.165, 1.54) is 0 Å². The van der Waals surface area contributed by atoms with E-state index in [0.717, 1.165) is 31.9 Å². The molecule has 1 atom stereocenters. The quantitative estimate of drug-likeness (QED) is 0.876. The van der Waals surface area contributed by atoms with Gasteiger partial charge in [0.25, 0.3) is 0 Å². The normalized spacial score (nSPS) is 21.9. The predicted octanol–water partition coefficient (Wildman–Crippen LogP) is 1.15. The number of aliphatic hydroxyl groups is 1. The van der Waals surface area contributed by atoms with Gasteiger partial charge in [-0.1, -0.05) is 0 Å². The minimum Gasteiger partial charge on any atom is -0.452 e. The Morgan fingerprint density at radius 1 is 1.50 bits per heavy atom. The molecule has 1 saturated heterocycles.